The number of fused-ring (bicyclic) bond motifs is 2. The maximum Gasteiger partial charge on any atom is 0.311 e. The van der Waals surface area contributed by atoms with Crippen LogP contribution in [-0.2, 0) is 6.61 Å². The summed E-state index contributed by atoms with van der Waals surface area (Å²) in [5.74, 6) is 1.76. The molecule has 0 aliphatic carbocycles. The second-order valence-corrected chi connectivity index (χ2v) is 9.52. The Morgan fingerprint density at radius 2 is 1.97 bits per heavy atom. The summed E-state index contributed by atoms with van der Waals surface area (Å²) in [7, 11) is 0. The number of hydrogen-bond acceptors (Lipinski definition) is 8. The largest absolute Gasteiger partial charge is 0.482 e. The van der Waals surface area contributed by atoms with Gasteiger partial charge in [0.1, 0.15) is 12.4 Å². The van der Waals surface area contributed by atoms with Gasteiger partial charge < -0.3 is 14.2 Å². The molecule has 4 aromatic rings. The number of nitro benzene ring substituents is 1. The summed E-state index contributed by atoms with van der Waals surface area (Å²) in [5.41, 5.74) is 1.23. The van der Waals surface area contributed by atoms with E-state index in [9.17, 15) is 14.9 Å². The molecule has 10 nitrogen and oxygen atoms in total. The van der Waals surface area contributed by atoms with Crippen LogP contribution in [0.25, 0.3) is 10.9 Å². The predicted octanol–water partition coefficient (Wildman–Crippen LogP) is 5.38. The Hall–Kier alpha value is -4.25. The third-order valence-corrected chi connectivity index (χ3v) is 6.18. The molecule has 0 atom stereocenters. The molecule has 2 heterocycles. The molecule has 5 rings (SSSR count). The minimum Gasteiger partial charge on any atom is -0.482 e. The zero-order chi connectivity index (χ0) is 26.1. The van der Waals surface area contributed by atoms with Gasteiger partial charge >= 0.3 is 5.69 Å². The Morgan fingerprint density at radius 3 is 2.76 bits per heavy atom. The molecule has 188 valence electrons. The van der Waals surface area contributed by atoms with Gasteiger partial charge in [-0.25, -0.2) is 4.98 Å². The molecule has 0 radical (unpaired) electrons. The number of nitrogens with zero attached hydrogens (tertiary/aromatic N) is 4. The summed E-state index contributed by atoms with van der Waals surface area (Å²) in [6.45, 7) is 4.09. The van der Waals surface area contributed by atoms with Crippen LogP contribution in [0.2, 0.25) is 0 Å². The van der Waals surface area contributed by atoms with E-state index in [-0.39, 0.29) is 36.3 Å². The number of ether oxygens (including phenoxy) is 3. The first kappa shape index (κ1) is 24.4. The van der Waals surface area contributed by atoms with Crippen LogP contribution in [0, 0.1) is 10.1 Å². The van der Waals surface area contributed by atoms with Crippen molar-refractivity contribution in [1.29, 1.82) is 0 Å². The smallest absolute Gasteiger partial charge is 0.311 e. The van der Waals surface area contributed by atoms with Crippen molar-refractivity contribution < 1.29 is 19.1 Å². The minimum atomic E-state index is -0.521. The lowest BCUT2D eigenvalue weighted by atomic mass is 10.2. The zero-order valence-electron chi connectivity index (χ0n) is 19.9. The Labute approximate surface area is 219 Å². The molecule has 0 unspecified atom stereocenters. The maximum absolute atomic E-state index is 13.2. The summed E-state index contributed by atoms with van der Waals surface area (Å²) in [6.07, 6.45) is 1.40. The van der Waals surface area contributed by atoms with Crippen LogP contribution in [0.1, 0.15) is 36.7 Å². The Kier molecular flexibility index (Phi) is 6.62. The quantitative estimate of drug-likeness (QED) is 0.168. The van der Waals surface area contributed by atoms with Crippen LogP contribution >= 0.6 is 15.9 Å². The van der Waals surface area contributed by atoms with Gasteiger partial charge in [-0.3, -0.25) is 14.9 Å². The first-order chi connectivity index (χ1) is 17.8. The van der Waals surface area contributed by atoms with Gasteiger partial charge in [-0.15, -0.1) is 0 Å². The van der Waals surface area contributed by atoms with E-state index in [0.29, 0.717) is 33.8 Å². The lowest BCUT2D eigenvalue weighted by Gasteiger charge is -2.12. The average molecular weight is 565 g/mol. The maximum atomic E-state index is 13.2. The Bertz CT molecular complexity index is 1620. The molecule has 37 heavy (non-hydrogen) atoms. The predicted molar refractivity (Wildman–Crippen MR) is 141 cm³/mol. The second kappa shape index (κ2) is 10.0. The first-order valence-corrected chi connectivity index (χ1v) is 12.2. The average Bonchev–Trinajstić information content (AvgIpc) is 3.35. The Balaban J connectivity index is 1.44. The van der Waals surface area contributed by atoms with Crippen molar-refractivity contribution in [2.24, 2.45) is 5.10 Å². The number of benzene rings is 3. The minimum absolute atomic E-state index is 0.0841. The first-order valence-electron chi connectivity index (χ1n) is 11.4. The van der Waals surface area contributed by atoms with Crippen molar-refractivity contribution in [2.45, 2.75) is 26.4 Å². The van der Waals surface area contributed by atoms with Crippen molar-refractivity contribution >= 4 is 38.7 Å². The third-order valence-electron chi connectivity index (χ3n) is 5.68. The SMILES string of the molecule is CC(C)c1nc2ccc(Br)cc2c(=O)n1N=Cc1ccc(OCc2ccc3c(c2)OCO3)c([N+](=O)[O-])c1. The molecule has 0 spiro atoms. The van der Waals surface area contributed by atoms with Crippen LogP contribution in [0.15, 0.2) is 69.0 Å². The van der Waals surface area contributed by atoms with Crippen molar-refractivity contribution in [2.75, 3.05) is 6.79 Å². The second-order valence-electron chi connectivity index (χ2n) is 8.61. The fourth-order valence-corrected chi connectivity index (χ4v) is 4.21. The van der Waals surface area contributed by atoms with Gasteiger partial charge in [0.15, 0.2) is 17.2 Å². The molecular weight excluding hydrogens is 544 g/mol. The molecule has 0 saturated heterocycles. The zero-order valence-corrected chi connectivity index (χ0v) is 21.5. The van der Waals surface area contributed by atoms with E-state index >= 15 is 0 Å². The van der Waals surface area contributed by atoms with Gasteiger partial charge in [-0.1, -0.05) is 35.8 Å². The lowest BCUT2D eigenvalue weighted by molar-refractivity contribution is -0.385. The van der Waals surface area contributed by atoms with E-state index < -0.39 is 4.92 Å². The van der Waals surface area contributed by atoms with Crippen LogP contribution in [-0.4, -0.2) is 27.6 Å². The summed E-state index contributed by atoms with van der Waals surface area (Å²) >= 11 is 3.38. The summed E-state index contributed by atoms with van der Waals surface area (Å²) in [5, 5.41) is 16.5. The number of hydrogen-bond donors (Lipinski definition) is 0. The van der Waals surface area contributed by atoms with Crippen molar-refractivity contribution in [1.82, 2.24) is 9.66 Å². The van der Waals surface area contributed by atoms with Gasteiger partial charge in [-0.05, 0) is 48.0 Å². The van der Waals surface area contributed by atoms with Crippen LogP contribution in [0.3, 0.4) is 0 Å². The highest BCUT2D eigenvalue weighted by Crippen LogP contribution is 2.34. The van der Waals surface area contributed by atoms with Crippen molar-refractivity contribution in [3.8, 4) is 17.2 Å². The van der Waals surface area contributed by atoms with E-state index in [4.69, 9.17) is 14.2 Å². The summed E-state index contributed by atoms with van der Waals surface area (Å²) < 4.78 is 18.4. The van der Waals surface area contributed by atoms with Gasteiger partial charge in [0.25, 0.3) is 5.56 Å². The van der Waals surface area contributed by atoms with Crippen molar-refractivity contribution in [3.05, 3.63) is 96.5 Å². The molecule has 1 aliphatic rings. The van der Waals surface area contributed by atoms with Gasteiger partial charge in [0.05, 0.1) is 22.0 Å². The van der Waals surface area contributed by atoms with E-state index in [0.717, 1.165) is 10.0 Å². The van der Waals surface area contributed by atoms with E-state index in [1.165, 1.54) is 23.0 Å². The fraction of sp³-hybridized carbons (Fsp3) is 0.192. The topological polar surface area (TPSA) is 118 Å². The van der Waals surface area contributed by atoms with E-state index in [1.54, 1.807) is 36.4 Å². The van der Waals surface area contributed by atoms with Gasteiger partial charge in [0.2, 0.25) is 6.79 Å². The van der Waals surface area contributed by atoms with Crippen LogP contribution in [0.4, 0.5) is 5.69 Å². The molecule has 1 aliphatic heterocycles. The molecule has 11 heteroatoms. The number of halogens is 1. The Morgan fingerprint density at radius 1 is 1.16 bits per heavy atom. The summed E-state index contributed by atoms with van der Waals surface area (Å²) in [4.78, 5) is 29.0. The molecule has 0 saturated carbocycles. The highest BCUT2D eigenvalue weighted by molar-refractivity contribution is 9.10. The number of rotatable bonds is 7. The molecule has 3 aromatic carbocycles. The van der Waals surface area contributed by atoms with Crippen LogP contribution < -0.4 is 19.8 Å². The van der Waals surface area contributed by atoms with Gasteiger partial charge in [-0.2, -0.15) is 9.78 Å². The fourth-order valence-electron chi connectivity index (χ4n) is 3.85. The highest BCUT2D eigenvalue weighted by atomic mass is 79.9. The lowest BCUT2D eigenvalue weighted by Crippen LogP contribution is -2.23. The highest BCUT2D eigenvalue weighted by Gasteiger charge is 2.18. The van der Waals surface area contributed by atoms with E-state index in [1.807, 2.05) is 19.9 Å². The van der Waals surface area contributed by atoms with Gasteiger partial charge in [0, 0.05) is 22.0 Å². The summed E-state index contributed by atoms with van der Waals surface area (Å²) in [6, 6.07) is 15.1. The number of aromatic nitrogens is 2. The standard InChI is InChI=1S/C26H21BrN4O6/c1-15(2)25-29-20-6-5-18(27)11-19(20)26(32)30(25)28-12-16-3-7-22(21(9-16)31(33)34)35-13-17-4-8-23-24(10-17)37-14-36-23/h3-12,15H,13-14H2,1-2H3. The molecule has 0 bridgehead atoms. The number of nitro groups is 1. The monoisotopic (exact) mass is 564 g/mol. The van der Waals surface area contributed by atoms with E-state index in [2.05, 4.69) is 26.0 Å². The molecule has 0 amide bonds. The molecule has 0 N–H and O–H groups in total. The normalized spacial score (nSPS) is 12.5. The van der Waals surface area contributed by atoms with Crippen molar-refractivity contribution in [3.63, 3.8) is 0 Å². The van der Waals surface area contributed by atoms with Crippen LogP contribution in [0.5, 0.6) is 17.2 Å². The molecular formula is C26H21BrN4O6. The molecule has 1 aromatic heterocycles. The molecule has 0 fully saturated rings. The third kappa shape index (κ3) is 5.03.